The Morgan fingerprint density at radius 1 is 1.12 bits per heavy atom. The lowest BCUT2D eigenvalue weighted by Gasteiger charge is -2.04. The van der Waals surface area contributed by atoms with E-state index in [0.717, 1.165) is 11.2 Å². The molecule has 0 bridgehead atoms. The minimum absolute atomic E-state index is 0.269. The van der Waals surface area contributed by atoms with Gasteiger partial charge in [0.05, 0.1) is 6.20 Å². The van der Waals surface area contributed by atoms with Gasteiger partial charge in [-0.1, -0.05) is 11.6 Å². The average Bonchev–Trinajstić information content (AvgIpc) is 2.73. The number of aromatic nitrogens is 3. The monoisotopic (exact) mass is 247 g/mol. The molecule has 0 N–H and O–H groups in total. The molecule has 1 aromatic carbocycles. The van der Waals surface area contributed by atoms with E-state index < -0.39 is 0 Å². The van der Waals surface area contributed by atoms with Crippen molar-refractivity contribution in [3.63, 3.8) is 0 Å². The van der Waals surface area contributed by atoms with Crippen LogP contribution in [-0.2, 0) is 0 Å². The normalized spacial score (nSPS) is 10.9. The van der Waals surface area contributed by atoms with Gasteiger partial charge >= 0.3 is 0 Å². The van der Waals surface area contributed by atoms with Crippen LogP contribution in [0.3, 0.4) is 0 Å². The molecule has 3 rings (SSSR count). The highest BCUT2D eigenvalue weighted by Gasteiger charge is 2.06. The molecule has 3 aromatic rings. The van der Waals surface area contributed by atoms with Gasteiger partial charge in [0, 0.05) is 11.9 Å². The van der Waals surface area contributed by atoms with Crippen molar-refractivity contribution < 1.29 is 4.39 Å². The maximum Gasteiger partial charge on any atom is 0.164 e. The smallest absolute Gasteiger partial charge is 0.164 e. The zero-order valence-corrected chi connectivity index (χ0v) is 9.39. The number of benzene rings is 1. The molecule has 0 spiro atoms. The first kappa shape index (κ1) is 10.2. The summed E-state index contributed by atoms with van der Waals surface area (Å²) in [5.41, 5.74) is 2.22. The first-order chi connectivity index (χ1) is 8.24. The number of rotatable bonds is 1. The Labute approximate surface area is 101 Å². The predicted molar refractivity (Wildman–Crippen MR) is 63.8 cm³/mol. The number of fused-ring (bicyclic) bond motifs is 1. The largest absolute Gasteiger partial charge is 0.300 e. The quantitative estimate of drug-likeness (QED) is 0.661. The van der Waals surface area contributed by atoms with Gasteiger partial charge in [0.1, 0.15) is 16.5 Å². The maximum absolute atomic E-state index is 12.8. The molecule has 0 unspecified atom stereocenters. The van der Waals surface area contributed by atoms with Crippen LogP contribution in [0.4, 0.5) is 4.39 Å². The van der Waals surface area contributed by atoms with Gasteiger partial charge in [-0.2, -0.15) is 0 Å². The first-order valence-electron chi connectivity index (χ1n) is 4.99. The molecule has 17 heavy (non-hydrogen) atoms. The Bertz CT molecular complexity index is 676. The van der Waals surface area contributed by atoms with Crippen LogP contribution < -0.4 is 0 Å². The third-order valence-corrected chi connectivity index (χ3v) is 2.65. The highest BCUT2D eigenvalue weighted by molar-refractivity contribution is 6.29. The van der Waals surface area contributed by atoms with Crippen molar-refractivity contribution in [2.75, 3.05) is 0 Å². The third kappa shape index (κ3) is 1.76. The molecular weight excluding hydrogens is 241 g/mol. The molecule has 0 amide bonds. The molecular formula is C12H7ClFN3. The minimum Gasteiger partial charge on any atom is -0.300 e. The molecule has 0 aliphatic heterocycles. The van der Waals surface area contributed by atoms with Crippen molar-refractivity contribution in [1.82, 2.24) is 14.5 Å². The van der Waals surface area contributed by atoms with E-state index in [2.05, 4.69) is 9.97 Å². The van der Waals surface area contributed by atoms with Gasteiger partial charge in [0.15, 0.2) is 5.65 Å². The Morgan fingerprint density at radius 2 is 1.88 bits per heavy atom. The second-order valence-electron chi connectivity index (χ2n) is 3.56. The van der Waals surface area contributed by atoms with Gasteiger partial charge in [-0.05, 0) is 30.3 Å². The topological polar surface area (TPSA) is 30.7 Å². The summed E-state index contributed by atoms with van der Waals surface area (Å²) in [6.07, 6.45) is 3.33. The lowest BCUT2D eigenvalue weighted by atomic mass is 10.3. The molecule has 0 atom stereocenters. The fourth-order valence-corrected chi connectivity index (χ4v) is 1.82. The second-order valence-corrected chi connectivity index (χ2v) is 3.95. The summed E-state index contributed by atoms with van der Waals surface area (Å²) in [5.74, 6) is -0.269. The summed E-state index contributed by atoms with van der Waals surface area (Å²) in [7, 11) is 0. The molecule has 0 aliphatic carbocycles. The van der Waals surface area contributed by atoms with Crippen LogP contribution in [0, 0.1) is 5.82 Å². The fraction of sp³-hybridized carbons (Fsp3) is 0. The van der Waals surface area contributed by atoms with E-state index in [1.165, 1.54) is 18.3 Å². The van der Waals surface area contributed by atoms with Crippen molar-refractivity contribution >= 4 is 22.8 Å². The molecule has 0 saturated heterocycles. The van der Waals surface area contributed by atoms with E-state index in [4.69, 9.17) is 11.6 Å². The average molecular weight is 248 g/mol. The second kappa shape index (κ2) is 3.82. The summed E-state index contributed by atoms with van der Waals surface area (Å²) in [6, 6.07) is 8.00. The van der Waals surface area contributed by atoms with Crippen molar-refractivity contribution in [2.45, 2.75) is 0 Å². The highest BCUT2D eigenvalue weighted by atomic mass is 35.5. The molecule has 3 nitrogen and oxygen atoms in total. The molecule has 5 heteroatoms. The van der Waals surface area contributed by atoms with E-state index in [9.17, 15) is 4.39 Å². The predicted octanol–water partition coefficient (Wildman–Crippen LogP) is 3.21. The van der Waals surface area contributed by atoms with E-state index >= 15 is 0 Å². The van der Waals surface area contributed by atoms with Crippen molar-refractivity contribution in [2.24, 2.45) is 0 Å². The number of hydrogen-bond donors (Lipinski definition) is 0. The van der Waals surface area contributed by atoms with Crippen molar-refractivity contribution in [1.29, 1.82) is 0 Å². The fourth-order valence-electron chi connectivity index (χ4n) is 1.69. The van der Waals surface area contributed by atoms with Gasteiger partial charge in [-0.25, -0.2) is 14.4 Å². The lowest BCUT2D eigenvalue weighted by Crippen LogP contribution is -1.94. The lowest BCUT2D eigenvalue weighted by molar-refractivity contribution is 0.627. The van der Waals surface area contributed by atoms with Crippen LogP contribution in [-0.4, -0.2) is 14.5 Å². The van der Waals surface area contributed by atoms with E-state index in [1.54, 1.807) is 12.1 Å². The summed E-state index contributed by atoms with van der Waals surface area (Å²) < 4.78 is 14.7. The van der Waals surface area contributed by atoms with Gasteiger partial charge in [-0.3, -0.25) is 4.57 Å². The van der Waals surface area contributed by atoms with Crippen LogP contribution in [0.5, 0.6) is 0 Å². The van der Waals surface area contributed by atoms with Gasteiger partial charge in [-0.15, -0.1) is 0 Å². The van der Waals surface area contributed by atoms with E-state index in [1.807, 2.05) is 16.8 Å². The highest BCUT2D eigenvalue weighted by Crippen LogP contribution is 2.18. The van der Waals surface area contributed by atoms with Crippen molar-refractivity contribution in [3.05, 3.63) is 53.7 Å². The van der Waals surface area contributed by atoms with Gasteiger partial charge in [0.25, 0.3) is 0 Å². The Kier molecular flexibility index (Phi) is 2.30. The van der Waals surface area contributed by atoms with Crippen LogP contribution in [0.1, 0.15) is 0 Å². The van der Waals surface area contributed by atoms with E-state index in [0.29, 0.717) is 10.8 Å². The molecule has 0 radical (unpaired) electrons. The van der Waals surface area contributed by atoms with Gasteiger partial charge in [0.2, 0.25) is 0 Å². The van der Waals surface area contributed by atoms with Crippen LogP contribution in [0.25, 0.3) is 16.9 Å². The van der Waals surface area contributed by atoms with Crippen LogP contribution in [0.2, 0.25) is 5.15 Å². The molecule has 2 heterocycles. The Balaban J connectivity index is 2.23. The third-order valence-electron chi connectivity index (χ3n) is 2.47. The summed E-state index contributed by atoms with van der Waals surface area (Å²) >= 11 is 5.81. The molecule has 0 fully saturated rings. The Morgan fingerprint density at radius 3 is 2.65 bits per heavy atom. The minimum atomic E-state index is -0.269. The number of nitrogens with zero attached hydrogens (tertiary/aromatic N) is 3. The SMILES string of the molecule is Fc1ccc(-n2ccc3ncc(Cl)nc32)cc1. The summed E-state index contributed by atoms with van der Waals surface area (Å²) in [4.78, 5) is 8.36. The molecule has 2 aromatic heterocycles. The first-order valence-corrected chi connectivity index (χ1v) is 5.37. The zero-order valence-electron chi connectivity index (χ0n) is 8.64. The molecule has 84 valence electrons. The molecule has 0 saturated carbocycles. The van der Waals surface area contributed by atoms with Crippen LogP contribution in [0.15, 0.2) is 42.7 Å². The number of halogens is 2. The van der Waals surface area contributed by atoms with E-state index in [-0.39, 0.29) is 5.82 Å². The van der Waals surface area contributed by atoms with Gasteiger partial charge < -0.3 is 0 Å². The summed E-state index contributed by atoms with van der Waals surface area (Å²) in [5, 5.41) is 0.333. The maximum atomic E-state index is 12.8. The van der Waals surface area contributed by atoms with Crippen LogP contribution >= 0.6 is 11.6 Å². The zero-order chi connectivity index (χ0) is 11.8. The Hall–Kier alpha value is -1.94. The molecule has 0 aliphatic rings. The van der Waals surface area contributed by atoms with Crippen molar-refractivity contribution in [3.8, 4) is 5.69 Å². The standard InChI is InChI=1S/C12H7ClFN3/c13-11-7-15-10-5-6-17(12(10)16-11)9-3-1-8(14)2-4-9/h1-7H. The summed E-state index contributed by atoms with van der Waals surface area (Å²) in [6.45, 7) is 0. The number of hydrogen-bond acceptors (Lipinski definition) is 2.